The second-order valence-electron chi connectivity index (χ2n) is 8.91. The predicted molar refractivity (Wildman–Crippen MR) is 138 cm³/mol. The van der Waals surface area contributed by atoms with E-state index in [-0.39, 0.29) is 24.3 Å². The predicted octanol–water partition coefficient (Wildman–Crippen LogP) is 3.63. The summed E-state index contributed by atoms with van der Waals surface area (Å²) in [7, 11) is 0. The standard InChI is InChI=1S/C27H35N5O5/c1-4-21(5-2)29-25(33)24-18-28-26(37-24)20-9-7-8-19(16-20)22-17-23(27(34)36-6-3)32(30-22)11-10-31-12-14-35-15-13-31/h7-9,16-18,21H,4-6,10-15H2,1-3H3,(H,29,33). The number of nitrogens with one attached hydrogen (secondary N) is 1. The van der Waals surface area contributed by atoms with E-state index < -0.39 is 5.97 Å². The summed E-state index contributed by atoms with van der Waals surface area (Å²) in [6.45, 7) is 10.6. The number of ether oxygens (including phenoxy) is 2. The number of carbonyl (C=O) groups excluding carboxylic acids is 2. The number of amides is 1. The molecular formula is C27H35N5O5. The first-order valence-corrected chi connectivity index (χ1v) is 12.9. The summed E-state index contributed by atoms with van der Waals surface area (Å²) in [5.41, 5.74) is 2.56. The van der Waals surface area contributed by atoms with Crippen molar-refractivity contribution >= 4 is 11.9 Å². The first kappa shape index (κ1) is 26.6. The molecule has 2 aromatic heterocycles. The molecule has 3 aromatic rings. The monoisotopic (exact) mass is 509 g/mol. The average Bonchev–Trinajstić information content (AvgIpc) is 3.60. The number of rotatable bonds is 11. The van der Waals surface area contributed by atoms with Crippen LogP contribution >= 0.6 is 0 Å². The molecule has 1 aliphatic rings. The van der Waals surface area contributed by atoms with Gasteiger partial charge in [0.1, 0.15) is 5.69 Å². The van der Waals surface area contributed by atoms with E-state index in [4.69, 9.17) is 19.0 Å². The maximum absolute atomic E-state index is 12.7. The van der Waals surface area contributed by atoms with Gasteiger partial charge in [-0.25, -0.2) is 9.78 Å². The van der Waals surface area contributed by atoms with Gasteiger partial charge in [-0.05, 0) is 38.0 Å². The van der Waals surface area contributed by atoms with E-state index in [0.717, 1.165) is 38.0 Å². The molecule has 4 rings (SSSR count). The zero-order chi connectivity index (χ0) is 26.2. The first-order chi connectivity index (χ1) is 18.0. The molecule has 3 heterocycles. The Hall–Kier alpha value is -3.50. The third-order valence-electron chi connectivity index (χ3n) is 6.45. The lowest BCUT2D eigenvalue weighted by Gasteiger charge is -2.26. The van der Waals surface area contributed by atoms with E-state index in [9.17, 15) is 9.59 Å². The fraction of sp³-hybridized carbons (Fsp3) is 0.481. The maximum atomic E-state index is 12.7. The van der Waals surface area contributed by atoms with Crippen LogP contribution in [0.3, 0.4) is 0 Å². The molecule has 0 atom stereocenters. The number of hydrogen-bond acceptors (Lipinski definition) is 8. The Morgan fingerprint density at radius 3 is 2.57 bits per heavy atom. The van der Waals surface area contributed by atoms with Crippen molar-refractivity contribution in [1.29, 1.82) is 0 Å². The summed E-state index contributed by atoms with van der Waals surface area (Å²) in [5.74, 6) is -0.167. The third kappa shape index (κ3) is 6.64. The highest BCUT2D eigenvalue weighted by molar-refractivity contribution is 5.92. The van der Waals surface area contributed by atoms with Crippen molar-refractivity contribution in [3.63, 3.8) is 0 Å². The number of oxazole rings is 1. The van der Waals surface area contributed by atoms with Crippen molar-refractivity contribution in [3.8, 4) is 22.7 Å². The third-order valence-corrected chi connectivity index (χ3v) is 6.45. The molecule has 1 saturated heterocycles. The highest BCUT2D eigenvalue weighted by atomic mass is 16.5. The quantitative estimate of drug-likeness (QED) is 0.390. The van der Waals surface area contributed by atoms with Crippen molar-refractivity contribution in [2.75, 3.05) is 39.5 Å². The minimum absolute atomic E-state index is 0.0938. The van der Waals surface area contributed by atoms with Gasteiger partial charge in [0.15, 0.2) is 0 Å². The number of aromatic nitrogens is 3. The summed E-state index contributed by atoms with van der Waals surface area (Å²) in [6.07, 6.45) is 3.13. The van der Waals surface area contributed by atoms with Gasteiger partial charge in [-0.2, -0.15) is 5.10 Å². The number of carbonyl (C=O) groups is 2. The zero-order valence-corrected chi connectivity index (χ0v) is 21.7. The molecule has 0 saturated carbocycles. The number of esters is 1. The highest BCUT2D eigenvalue weighted by Gasteiger charge is 2.20. The van der Waals surface area contributed by atoms with Crippen molar-refractivity contribution in [2.45, 2.75) is 46.2 Å². The Kier molecular flexibility index (Phi) is 9.08. The topological polar surface area (TPSA) is 112 Å². The Labute approximate surface area is 216 Å². The molecule has 0 spiro atoms. The van der Waals surface area contributed by atoms with Gasteiger partial charge in [0.25, 0.3) is 5.91 Å². The largest absolute Gasteiger partial charge is 0.461 e. The number of morpholine rings is 1. The van der Waals surface area contributed by atoms with Gasteiger partial charge in [0.05, 0.1) is 38.3 Å². The zero-order valence-electron chi connectivity index (χ0n) is 21.7. The van der Waals surface area contributed by atoms with Crippen LogP contribution in [0.2, 0.25) is 0 Å². The second kappa shape index (κ2) is 12.6. The van der Waals surface area contributed by atoms with Crippen molar-refractivity contribution in [2.24, 2.45) is 0 Å². The lowest BCUT2D eigenvalue weighted by molar-refractivity contribution is 0.0352. The van der Waals surface area contributed by atoms with E-state index in [1.54, 1.807) is 17.7 Å². The van der Waals surface area contributed by atoms with Crippen LogP contribution in [-0.4, -0.2) is 77.0 Å². The molecule has 1 aromatic carbocycles. The summed E-state index contributed by atoms with van der Waals surface area (Å²) >= 11 is 0. The molecule has 1 N–H and O–H groups in total. The van der Waals surface area contributed by atoms with Crippen molar-refractivity contribution in [3.05, 3.63) is 48.0 Å². The van der Waals surface area contributed by atoms with E-state index in [2.05, 4.69) is 15.2 Å². The summed E-state index contributed by atoms with van der Waals surface area (Å²) in [5, 5.41) is 7.69. The van der Waals surface area contributed by atoms with E-state index in [0.29, 0.717) is 42.6 Å². The molecule has 0 aliphatic carbocycles. The minimum atomic E-state index is -0.403. The van der Waals surface area contributed by atoms with Crippen LogP contribution in [0.1, 0.15) is 54.7 Å². The highest BCUT2D eigenvalue weighted by Crippen LogP contribution is 2.26. The molecule has 37 heavy (non-hydrogen) atoms. The molecule has 1 fully saturated rings. The molecule has 198 valence electrons. The fourth-order valence-corrected chi connectivity index (χ4v) is 4.23. The van der Waals surface area contributed by atoms with Crippen LogP contribution in [0, 0.1) is 0 Å². The number of nitrogens with zero attached hydrogens (tertiary/aromatic N) is 4. The maximum Gasteiger partial charge on any atom is 0.356 e. The van der Waals surface area contributed by atoms with Crippen LogP contribution in [0.5, 0.6) is 0 Å². The molecule has 10 heteroatoms. The van der Waals surface area contributed by atoms with Crippen molar-refractivity contribution < 1.29 is 23.5 Å². The summed E-state index contributed by atoms with van der Waals surface area (Å²) in [6, 6.07) is 9.38. The van der Waals surface area contributed by atoms with Gasteiger partial charge in [-0.3, -0.25) is 14.4 Å². The molecule has 1 amide bonds. The summed E-state index contributed by atoms with van der Waals surface area (Å²) < 4.78 is 18.2. The van der Waals surface area contributed by atoms with Crippen LogP contribution in [-0.2, 0) is 16.0 Å². The molecule has 0 unspecified atom stereocenters. The first-order valence-electron chi connectivity index (χ1n) is 12.9. The second-order valence-corrected chi connectivity index (χ2v) is 8.91. The van der Waals surface area contributed by atoms with Gasteiger partial charge < -0.3 is 19.2 Å². The van der Waals surface area contributed by atoms with Crippen LogP contribution in [0.15, 0.2) is 40.9 Å². The average molecular weight is 510 g/mol. The van der Waals surface area contributed by atoms with Gasteiger partial charge in [-0.15, -0.1) is 0 Å². The van der Waals surface area contributed by atoms with E-state index in [1.165, 1.54) is 6.20 Å². The Bertz CT molecular complexity index is 1190. The van der Waals surface area contributed by atoms with Crippen LogP contribution in [0.25, 0.3) is 22.7 Å². The smallest absolute Gasteiger partial charge is 0.356 e. The van der Waals surface area contributed by atoms with Crippen LogP contribution < -0.4 is 5.32 Å². The fourth-order valence-electron chi connectivity index (χ4n) is 4.23. The Morgan fingerprint density at radius 2 is 1.84 bits per heavy atom. The number of benzene rings is 1. The van der Waals surface area contributed by atoms with Crippen LogP contribution in [0.4, 0.5) is 0 Å². The van der Waals surface area contributed by atoms with Gasteiger partial charge >= 0.3 is 5.97 Å². The summed E-state index contributed by atoms with van der Waals surface area (Å²) in [4.78, 5) is 31.8. The molecule has 10 nitrogen and oxygen atoms in total. The molecule has 0 bridgehead atoms. The normalized spacial score (nSPS) is 14.2. The van der Waals surface area contributed by atoms with Gasteiger partial charge in [0.2, 0.25) is 11.7 Å². The van der Waals surface area contributed by atoms with Crippen molar-refractivity contribution in [1.82, 2.24) is 25.0 Å². The SMILES string of the molecule is CCOC(=O)c1cc(-c2cccc(-c3ncc(C(=O)NC(CC)CC)o3)c2)nn1CCN1CCOCC1. The van der Waals surface area contributed by atoms with E-state index >= 15 is 0 Å². The Balaban J connectivity index is 1.55. The Morgan fingerprint density at radius 1 is 1.08 bits per heavy atom. The van der Waals surface area contributed by atoms with Gasteiger partial charge in [-0.1, -0.05) is 26.0 Å². The van der Waals surface area contributed by atoms with E-state index in [1.807, 2.05) is 38.1 Å². The molecule has 1 aliphatic heterocycles. The minimum Gasteiger partial charge on any atom is -0.461 e. The molecular weight excluding hydrogens is 474 g/mol. The molecule has 0 radical (unpaired) electrons. The lowest BCUT2D eigenvalue weighted by Crippen LogP contribution is -2.38. The van der Waals surface area contributed by atoms with Gasteiger partial charge in [0, 0.05) is 36.8 Å². The number of hydrogen-bond donors (Lipinski definition) is 1. The lowest BCUT2D eigenvalue weighted by atomic mass is 10.1.